The second-order valence-corrected chi connectivity index (χ2v) is 5.19. The lowest BCUT2D eigenvalue weighted by Crippen LogP contribution is -1.90. The van der Waals surface area contributed by atoms with Crippen LogP contribution in [0.4, 0.5) is 0 Å². The molecule has 2 aromatic carbocycles. The van der Waals surface area contributed by atoms with Crippen LogP contribution >= 0.6 is 31.9 Å². The Labute approximate surface area is 116 Å². The molecule has 0 aliphatic rings. The minimum Gasteiger partial charge on any atom is -0.507 e. The Morgan fingerprint density at radius 3 is 2.18 bits per heavy atom. The summed E-state index contributed by atoms with van der Waals surface area (Å²) < 4.78 is 1.83. The average Bonchev–Trinajstić information content (AvgIpc) is 2.29. The van der Waals surface area contributed by atoms with Crippen molar-refractivity contribution in [3.63, 3.8) is 0 Å². The molecule has 2 N–H and O–H groups in total. The summed E-state index contributed by atoms with van der Waals surface area (Å²) in [5.74, 6) is 0.111. The van der Waals surface area contributed by atoms with Crippen molar-refractivity contribution in [2.24, 2.45) is 0 Å². The Morgan fingerprint density at radius 1 is 1.00 bits per heavy atom. The molecule has 2 aromatic rings. The highest BCUT2D eigenvalue weighted by molar-refractivity contribution is 9.11. The van der Waals surface area contributed by atoms with Crippen molar-refractivity contribution in [1.82, 2.24) is 0 Å². The van der Waals surface area contributed by atoms with Gasteiger partial charge in [0.1, 0.15) is 5.75 Å². The van der Waals surface area contributed by atoms with Crippen LogP contribution in [-0.2, 0) is 0 Å². The summed E-state index contributed by atoms with van der Waals surface area (Å²) >= 11 is 6.97. The van der Waals surface area contributed by atoms with Crippen molar-refractivity contribution in [2.45, 2.75) is 0 Å². The van der Waals surface area contributed by atoms with Gasteiger partial charge in [0.15, 0.2) is 0 Å². The number of phenolic OH excluding ortho intramolecular Hbond substituents is 1. The van der Waals surface area contributed by atoms with Gasteiger partial charge in [0.2, 0.25) is 0 Å². The van der Waals surface area contributed by atoms with Gasteiger partial charge in [-0.05, 0) is 23.8 Å². The van der Waals surface area contributed by atoms with E-state index in [-0.39, 0.29) is 5.75 Å². The van der Waals surface area contributed by atoms with Gasteiger partial charge in [-0.25, -0.2) is 0 Å². The molecule has 0 saturated carbocycles. The van der Waals surface area contributed by atoms with Crippen molar-refractivity contribution < 1.29 is 5.11 Å². The summed E-state index contributed by atoms with van der Waals surface area (Å²) in [7, 11) is 0. The molecule has 0 fully saturated rings. The number of rotatable bonds is 2. The van der Waals surface area contributed by atoms with Gasteiger partial charge in [-0.3, -0.25) is 0 Å². The number of phenols is 1. The molecule has 0 unspecified atom stereocenters. The number of hydrogen-bond acceptors (Lipinski definition) is 2. The quantitative estimate of drug-likeness (QED) is 0.761. The summed E-state index contributed by atoms with van der Waals surface area (Å²) in [5.41, 5.74) is 2.27. The smallest absolute Gasteiger partial charge is 0.124 e. The van der Waals surface area contributed by atoms with Gasteiger partial charge in [-0.15, -0.1) is 0 Å². The van der Waals surface area contributed by atoms with Crippen LogP contribution in [0.1, 0.15) is 5.56 Å². The number of aromatic hydroxyl groups is 1. The molecular weight excluding hydrogens is 346 g/mol. The number of nitrogens with one attached hydrogen (secondary N) is 1. The zero-order chi connectivity index (χ0) is 12.4. The van der Waals surface area contributed by atoms with Gasteiger partial charge in [0.25, 0.3) is 0 Å². The maximum atomic E-state index is 9.75. The third-order valence-electron chi connectivity index (χ3n) is 2.46. The Kier molecular flexibility index (Phi) is 3.64. The van der Waals surface area contributed by atoms with Crippen molar-refractivity contribution >= 4 is 38.1 Å². The molecule has 0 aliphatic heterocycles. The van der Waals surface area contributed by atoms with E-state index < -0.39 is 0 Å². The largest absolute Gasteiger partial charge is 0.507 e. The molecule has 0 bridgehead atoms. The second-order valence-electron chi connectivity index (χ2n) is 3.48. The lowest BCUT2D eigenvalue weighted by Gasteiger charge is -2.11. The van der Waals surface area contributed by atoms with E-state index in [4.69, 9.17) is 5.41 Å². The summed E-state index contributed by atoms with van der Waals surface area (Å²) in [6.07, 6.45) is 1.16. The standard InChI is InChI=1S/C13H9Br2NO/c14-10-4-2-5-11(15)13(10)8-3-1-6-12(17)9(8)7-16/h1-7,16-17H. The highest BCUT2D eigenvalue weighted by Gasteiger charge is 2.12. The molecule has 2 nitrogen and oxygen atoms in total. The second kappa shape index (κ2) is 5.02. The van der Waals surface area contributed by atoms with Gasteiger partial charge >= 0.3 is 0 Å². The number of hydrogen-bond donors (Lipinski definition) is 2. The Morgan fingerprint density at radius 2 is 1.59 bits per heavy atom. The fourth-order valence-corrected chi connectivity index (χ4v) is 3.10. The highest BCUT2D eigenvalue weighted by atomic mass is 79.9. The summed E-state index contributed by atoms with van der Waals surface area (Å²) in [4.78, 5) is 0. The fraction of sp³-hybridized carbons (Fsp3) is 0. The molecule has 0 atom stereocenters. The molecule has 0 amide bonds. The van der Waals surface area contributed by atoms with E-state index in [1.807, 2.05) is 24.3 Å². The monoisotopic (exact) mass is 353 g/mol. The van der Waals surface area contributed by atoms with Crippen LogP contribution in [0.15, 0.2) is 45.3 Å². The van der Waals surface area contributed by atoms with E-state index in [1.54, 1.807) is 12.1 Å². The Balaban J connectivity index is 2.77. The first kappa shape index (κ1) is 12.3. The van der Waals surface area contributed by atoms with E-state index in [0.29, 0.717) is 5.56 Å². The molecule has 0 heterocycles. The van der Waals surface area contributed by atoms with Crippen LogP contribution in [0.5, 0.6) is 5.75 Å². The molecule has 4 heteroatoms. The van der Waals surface area contributed by atoms with Crippen molar-refractivity contribution in [3.05, 3.63) is 50.9 Å². The zero-order valence-corrected chi connectivity index (χ0v) is 11.9. The molecule has 86 valence electrons. The molecule has 2 rings (SSSR count). The number of benzene rings is 2. The predicted molar refractivity (Wildman–Crippen MR) is 76.8 cm³/mol. The molecule has 0 aliphatic carbocycles. The van der Waals surface area contributed by atoms with Crippen molar-refractivity contribution in [2.75, 3.05) is 0 Å². The average molecular weight is 355 g/mol. The lowest BCUT2D eigenvalue weighted by molar-refractivity contribution is 0.474. The van der Waals surface area contributed by atoms with Crippen LogP contribution in [0, 0.1) is 5.41 Å². The predicted octanol–water partition coefficient (Wildman–Crippen LogP) is 4.58. The van der Waals surface area contributed by atoms with Gasteiger partial charge in [-0.2, -0.15) is 0 Å². The topological polar surface area (TPSA) is 44.1 Å². The third kappa shape index (κ3) is 2.28. The first-order chi connectivity index (χ1) is 8.15. The van der Waals surface area contributed by atoms with Crippen LogP contribution in [-0.4, -0.2) is 11.3 Å². The molecule has 0 radical (unpaired) electrons. The first-order valence-electron chi connectivity index (χ1n) is 4.92. The lowest BCUT2D eigenvalue weighted by atomic mass is 9.99. The minimum atomic E-state index is 0.111. The zero-order valence-electron chi connectivity index (χ0n) is 8.74. The van der Waals surface area contributed by atoms with Gasteiger partial charge in [-0.1, -0.05) is 50.1 Å². The Hall–Kier alpha value is -1.13. The SMILES string of the molecule is N=Cc1c(O)cccc1-c1c(Br)cccc1Br. The van der Waals surface area contributed by atoms with E-state index in [2.05, 4.69) is 31.9 Å². The molecule has 0 aromatic heterocycles. The highest BCUT2D eigenvalue weighted by Crippen LogP contribution is 2.38. The van der Waals surface area contributed by atoms with E-state index in [1.165, 1.54) is 0 Å². The third-order valence-corrected chi connectivity index (χ3v) is 3.78. The molecule has 17 heavy (non-hydrogen) atoms. The van der Waals surface area contributed by atoms with Crippen molar-refractivity contribution in [3.8, 4) is 16.9 Å². The number of halogens is 2. The van der Waals surface area contributed by atoms with Crippen molar-refractivity contribution in [1.29, 1.82) is 5.41 Å². The van der Waals surface area contributed by atoms with Gasteiger partial charge in [0, 0.05) is 26.3 Å². The first-order valence-corrected chi connectivity index (χ1v) is 6.50. The summed E-state index contributed by atoms with van der Waals surface area (Å²) in [6, 6.07) is 11.0. The van der Waals surface area contributed by atoms with E-state index in [0.717, 1.165) is 26.3 Å². The maximum Gasteiger partial charge on any atom is 0.124 e. The summed E-state index contributed by atoms with van der Waals surface area (Å²) in [6.45, 7) is 0. The normalized spacial score (nSPS) is 10.2. The fourth-order valence-electron chi connectivity index (χ4n) is 1.68. The summed E-state index contributed by atoms with van der Waals surface area (Å²) in [5, 5.41) is 17.2. The van der Waals surface area contributed by atoms with E-state index in [9.17, 15) is 5.11 Å². The molecular formula is C13H9Br2NO. The minimum absolute atomic E-state index is 0.111. The van der Waals surface area contributed by atoms with Gasteiger partial charge in [0.05, 0.1) is 0 Å². The van der Waals surface area contributed by atoms with E-state index >= 15 is 0 Å². The van der Waals surface area contributed by atoms with Crippen LogP contribution in [0.25, 0.3) is 11.1 Å². The Bertz CT molecular complexity index is 561. The van der Waals surface area contributed by atoms with Gasteiger partial charge < -0.3 is 10.5 Å². The molecule has 0 saturated heterocycles. The van der Waals surface area contributed by atoms with Crippen LogP contribution in [0.3, 0.4) is 0 Å². The maximum absolute atomic E-state index is 9.75. The van der Waals surface area contributed by atoms with Crippen LogP contribution < -0.4 is 0 Å². The van der Waals surface area contributed by atoms with Crippen LogP contribution in [0.2, 0.25) is 0 Å². The molecule has 0 spiro atoms.